The van der Waals surface area contributed by atoms with Crippen LogP contribution in [0.1, 0.15) is 0 Å². The normalized spacial score (nSPS) is 7.38. The predicted molar refractivity (Wildman–Crippen MR) is 30.2 cm³/mol. The molecule has 0 saturated heterocycles. The summed E-state index contributed by atoms with van der Waals surface area (Å²) in [5.41, 5.74) is 0. The molecule has 3 N–H and O–H groups in total. The van der Waals surface area contributed by atoms with E-state index < -0.39 is 14.5 Å². The number of hydrogen-bond donors (Lipinski definition) is 3. The molecule has 0 aliphatic heterocycles. The van der Waals surface area contributed by atoms with E-state index in [1.54, 1.807) is 0 Å². The van der Waals surface area contributed by atoms with Crippen molar-refractivity contribution in [2.75, 3.05) is 0 Å². The first kappa shape index (κ1) is 22.4. The zero-order valence-electron chi connectivity index (χ0n) is 4.11. The van der Waals surface area contributed by atoms with E-state index in [9.17, 15) is 0 Å². The molecular weight excluding hydrogens is 539 g/mol. The van der Waals surface area contributed by atoms with Gasteiger partial charge in [0, 0.05) is 19.5 Å². The Morgan fingerprint density at radius 3 is 1.12 bits per heavy atom. The van der Waals surface area contributed by atoms with E-state index in [4.69, 9.17) is 16.0 Å². The molecule has 8 heteroatoms. The maximum Gasteiger partial charge on any atom is 0 e. The summed E-state index contributed by atoms with van der Waals surface area (Å²) in [4.78, 5) is 0. The van der Waals surface area contributed by atoms with Gasteiger partial charge in [-0.25, -0.2) is 0 Å². The maximum atomic E-state index is 8.94. The van der Waals surface area contributed by atoms with Crippen LogP contribution in [-0.4, -0.2) is 77.8 Å². The molecule has 0 aromatic carbocycles. The van der Waals surface area contributed by atoms with Crippen LogP contribution in [-0.2, 0) is 23.2 Å². The molecule has 0 saturated carbocycles. The summed E-state index contributed by atoms with van der Waals surface area (Å²) in [5.74, 6) is 0. The zero-order valence-corrected chi connectivity index (χ0v) is 17.3. The Bertz CT molecular complexity index is 62.2. The smallest absolute Gasteiger partial charge is 0 e. The summed E-state index contributed by atoms with van der Waals surface area (Å²) in [6.45, 7) is 0. The van der Waals surface area contributed by atoms with Gasteiger partial charge in [-0.2, -0.15) is 0 Å². The molecule has 0 rings (SSSR count). The van der Waals surface area contributed by atoms with Crippen LogP contribution in [0.15, 0.2) is 0 Å². The molecule has 2 radical (unpaired) electrons. The molecule has 8 heavy (non-hydrogen) atoms. The average molecular weight is 546 g/mol. The third kappa shape index (κ3) is 74.3. The molecule has 0 unspecified atom stereocenters. The third-order valence-electron chi connectivity index (χ3n) is 0. The number of hydrogen-bond acceptors (Lipinski definition) is 1. The van der Waals surface area contributed by atoms with Crippen molar-refractivity contribution in [3.05, 3.63) is 0 Å². The van der Waals surface area contributed by atoms with Gasteiger partial charge < -0.3 is 0 Å². The van der Waals surface area contributed by atoms with E-state index >= 15 is 0 Å². The second kappa shape index (κ2) is 9.57. The van der Waals surface area contributed by atoms with Crippen LogP contribution < -0.4 is 0 Å². The number of rotatable bonds is 0. The second-order valence-corrected chi connectivity index (χ2v) is 2.67. The molecule has 0 amide bonds. The van der Waals surface area contributed by atoms with Crippen molar-refractivity contribution in [3.8, 4) is 0 Å². The van der Waals surface area contributed by atoms with E-state index in [-0.39, 0.29) is 70.4 Å². The van der Waals surface area contributed by atoms with Gasteiger partial charge in [-0.05, 0) is 0 Å². The molecule has 0 aromatic rings. The van der Waals surface area contributed by atoms with E-state index in [2.05, 4.69) is 0 Å². The van der Waals surface area contributed by atoms with E-state index in [0.29, 0.717) is 0 Å². The van der Waals surface area contributed by atoms with Crippen molar-refractivity contribution in [2.24, 2.45) is 0 Å². The Morgan fingerprint density at radius 2 is 1.12 bits per heavy atom. The van der Waals surface area contributed by atoms with Crippen LogP contribution in [0, 0.1) is 0 Å². The molecule has 0 heterocycles. The van der Waals surface area contributed by atoms with Gasteiger partial charge in [-0.15, -0.1) is 0 Å². The Morgan fingerprint density at radius 1 is 1.12 bits per heavy atom. The van der Waals surface area contributed by atoms with Crippen LogP contribution in [0.25, 0.3) is 0 Å². The molecule has 48 valence electrons. The van der Waals surface area contributed by atoms with Gasteiger partial charge in [0.25, 0.3) is 0 Å². The van der Waals surface area contributed by atoms with Crippen molar-refractivity contribution in [1.29, 1.82) is 0 Å². The van der Waals surface area contributed by atoms with Gasteiger partial charge >= 0.3 is 81.5 Å². The first-order chi connectivity index (χ1) is 2.00. The van der Waals surface area contributed by atoms with E-state index in [0.717, 1.165) is 0 Å². The van der Waals surface area contributed by atoms with Crippen molar-refractivity contribution in [1.82, 2.24) is 0 Å². The van der Waals surface area contributed by atoms with Gasteiger partial charge in [-0.1, -0.05) is 0 Å². The minimum absolute atomic E-state index is 0. The van der Waals surface area contributed by atoms with Crippen molar-refractivity contribution < 1.29 is 35.5 Å². The molecule has 4 nitrogen and oxygen atoms in total. The summed E-state index contributed by atoms with van der Waals surface area (Å²) in [7, 11) is 0. The van der Waals surface area contributed by atoms with Gasteiger partial charge in [0.1, 0.15) is 0 Å². The second-order valence-electron chi connectivity index (χ2n) is 0.513. The van der Waals surface area contributed by atoms with Crippen molar-refractivity contribution in [3.63, 3.8) is 0 Å². The fourth-order valence-corrected chi connectivity index (χ4v) is 0. The summed E-state index contributed by atoms with van der Waals surface area (Å²) >= 11 is -5.12. The van der Waals surface area contributed by atoms with E-state index in [1.165, 1.54) is 0 Å². The minimum atomic E-state index is -5.12. The van der Waals surface area contributed by atoms with Crippen LogP contribution in [0.2, 0.25) is 0 Å². The van der Waals surface area contributed by atoms with Crippen molar-refractivity contribution >= 4 is 65.5 Å². The zero-order chi connectivity index (χ0) is 4.50. The molecule has 0 aliphatic rings. The topological polar surface area (TPSA) is 77.8 Å². The summed E-state index contributed by atoms with van der Waals surface area (Å²) < 4.78 is 30.7. The molecule has 0 aliphatic carbocycles. The third-order valence-corrected chi connectivity index (χ3v) is 0. The molecule has 0 spiro atoms. The first-order valence-electron chi connectivity index (χ1n) is 0.783. The van der Waals surface area contributed by atoms with Gasteiger partial charge in [-0.3, -0.25) is 0 Å². The predicted octanol–water partition coefficient (Wildman–Crippen LogP) is -4.01. The Hall–Kier alpha value is 2.57. The van der Waals surface area contributed by atoms with Gasteiger partial charge in [0.05, 0.1) is 0 Å². The molecule has 0 bridgehead atoms. The maximum absolute atomic E-state index is 8.94. The van der Waals surface area contributed by atoms with Crippen molar-refractivity contribution in [2.45, 2.75) is 0 Å². The molecule has 0 atom stereocenters. The Kier molecular flexibility index (Phi) is 26.8. The van der Waals surface area contributed by atoms with Crippen LogP contribution in [0.4, 0.5) is 0 Å². The standard InChI is InChI=1S/AsH3O4.Pb.H2Te.Zn.2H/c2-1(3,4)5;;;;;/h(H3,2,3,4,5);;1H2;;;. The Labute approximate surface area is 99.4 Å². The monoisotopic (exact) mass is 548 g/mol. The van der Waals surface area contributed by atoms with Crippen LogP contribution >= 0.6 is 0 Å². The van der Waals surface area contributed by atoms with Crippen LogP contribution in [0.5, 0.6) is 0 Å². The average Bonchev–Trinajstić information content (AvgIpc) is 0.722. The quantitative estimate of drug-likeness (QED) is 0.271. The fraction of sp³-hybridized carbons (Fsp3) is 0. The summed E-state index contributed by atoms with van der Waals surface area (Å²) in [6.07, 6.45) is 0. The summed E-state index contributed by atoms with van der Waals surface area (Å²) in [5, 5.41) is 0. The fourth-order valence-electron chi connectivity index (χ4n) is 0. The molecule has 0 fully saturated rings. The summed E-state index contributed by atoms with van der Waals surface area (Å²) in [6, 6.07) is 0. The molecular formula is H7AsO4PbTeZn. The largest absolute Gasteiger partial charge is 0 e. The molecule has 0 aromatic heterocycles. The SMILES string of the molecule is O=[As](O)(O)O.[PbH2].[TeH2].[Zn]. The first-order valence-corrected chi connectivity index (χ1v) is 4.07. The van der Waals surface area contributed by atoms with Crippen LogP contribution in [0.3, 0.4) is 0 Å². The minimum Gasteiger partial charge on any atom is 0 e. The van der Waals surface area contributed by atoms with Gasteiger partial charge in [0.15, 0.2) is 0 Å². The van der Waals surface area contributed by atoms with E-state index in [1.807, 2.05) is 0 Å². The van der Waals surface area contributed by atoms with Gasteiger partial charge in [0.2, 0.25) is 0 Å². The Balaban J connectivity index is -0.0000000267.